The summed E-state index contributed by atoms with van der Waals surface area (Å²) >= 11 is 11.9. The van der Waals surface area contributed by atoms with Crippen LogP contribution in [0.5, 0.6) is 11.5 Å². The molecule has 0 aliphatic carbocycles. The monoisotopic (exact) mass is 463 g/mol. The first-order valence-electron chi connectivity index (χ1n) is 8.49. The molecule has 1 heterocycles. The van der Waals surface area contributed by atoms with E-state index in [-0.39, 0.29) is 29.8 Å². The second kappa shape index (κ2) is 10.4. The summed E-state index contributed by atoms with van der Waals surface area (Å²) in [6, 6.07) is 4.06. The van der Waals surface area contributed by atoms with Crippen LogP contribution in [0.3, 0.4) is 0 Å². The van der Waals surface area contributed by atoms with Crippen molar-refractivity contribution in [3.63, 3.8) is 0 Å². The van der Waals surface area contributed by atoms with Crippen molar-refractivity contribution >= 4 is 41.0 Å². The fourth-order valence-electron chi connectivity index (χ4n) is 2.35. The number of nitrogens with zero attached hydrogens (tertiary/aromatic N) is 1. The second-order valence-electron chi connectivity index (χ2n) is 5.84. The molecule has 0 aliphatic heterocycles. The SMILES string of the molecule is COc1cc(C=CC(=O)NCCNc2ncc(C(F)(F)F)cc2Cl)cc(Cl)c1OC. The van der Waals surface area contributed by atoms with Crippen molar-refractivity contribution < 1.29 is 27.4 Å². The zero-order valence-electron chi connectivity index (χ0n) is 15.9. The standard InChI is InChI=1S/C19H18Cl2F3N3O3/c1-29-15-8-11(7-13(20)17(15)30-2)3-4-16(28)25-5-6-26-18-14(21)9-12(10-27-18)19(22,23)24/h3-4,7-10H,5-6H2,1-2H3,(H,25,28)(H,26,27). The van der Waals surface area contributed by atoms with Crippen molar-refractivity contribution in [1.29, 1.82) is 0 Å². The molecule has 2 N–H and O–H groups in total. The first-order chi connectivity index (χ1) is 14.2. The summed E-state index contributed by atoms with van der Waals surface area (Å²) in [6.45, 7) is 0.398. The molecule has 0 saturated heterocycles. The van der Waals surface area contributed by atoms with Gasteiger partial charge >= 0.3 is 6.18 Å². The number of carbonyl (C=O) groups is 1. The third-order valence-electron chi connectivity index (χ3n) is 3.77. The minimum atomic E-state index is -4.52. The fourth-order valence-corrected chi connectivity index (χ4v) is 2.88. The second-order valence-corrected chi connectivity index (χ2v) is 6.66. The Morgan fingerprint density at radius 3 is 2.47 bits per heavy atom. The summed E-state index contributed by atoms with van der Waals surface area (Å²) in [5.74, 6) is 0.529. The maximum Gasteiger partial charge on any atom is 0.417 e. The summed E-state index contributed by atoms with van der Waals surface area (Å²) in [7, 11) is 2.94. The molecule has 0 fully saturated rings. The highest BCUT2D eigenvalue weighted by Gasteiger charge is 2.31. The van der Waals surface area contributed by atoms with Gasteiger partial charge in [0.2, 0.25) is 5.91 Å². The molecule has 0 spiro atoms. The van der Waals surface area contributed by atoms with E-state index in [1.165, 1.54) is 20.3 Å². The molecule has 2 aromatic rings. The van der Waals surface area contributed by atoms with E-state index in [2.05, 4.69) is 15.6 Å². The summed E-state index contributed by atoms with van der Waals surface area (Å²) in [5, 5.41) is 5.54. The van der Waals surface area contributed by atoms with Crippen LogP contribution in [0, 0.1) is 0 Å². The van der Waals surface area contributed by atoms with Gasteiger partial charge in [-0.15, -0.1) is 0 Å². The summed E-state index contributed by atoms with van der Waals surface area (Å²) in [4.78, 5) is 15.6. The smallest absolute Gasteiger partial charge is 0.417 e. The molecule has 0 atom stereocenters. The summed E-state index contributed by atoms with van der Waals surface area (Å²) < 4.78 is 48.1. The molecule has 0 bridgehead atoms. The van der Waals surface area contributed by atoms with Crippen molar-refractivity contribution in [1.82, 2.24) is 10.3 Å². The lowest BCUT2D eigenvalue weighted by atomic mass is 10.2. The number of amides is 1. The van der Waals surface area contributed by atoms with Crippen molar-refractivity contribution in [2.45, 2.75) is 6.18 Å². The van der Waals surface area contributed by atoms with Gasteiger partial charge < -0.3 is 20.1 Å². The molecule has 1 amide bonds. The van der Waals surface area contributed by atoms with Crippen LogP contribution in [0.4, 0.5) is 19.0 Å². The average Bonchev–Trinajstić information content (AvgIpc) is 2.69. The number of anilines is 1. The lowest BCUT2D eigenvalue weighted by Crippen LogP contribution is -2.27. The molecule has 0 saturated carbocycles. The first kappa shape index (κ1) is 23.6. The number of aromatic nitrogens is 1. The molecular weight excluding hydrogens is 446 g/mol. The Balaban J connectivity index is 1.86. The molecule has 2 rings (SSSR count). The van der Waals surface area contributed by atoms with E-state index in [1.807, 2.05) is 0 Å². The van der Waals surface area contributed by atoms with Gasteiger partial charge in [0.25, 0.3) is 0 Å². The predicted octanol–water partition coefficient (Wildman–Crippen LogP) is 4.67. The highest BCUT2D eigenvalue weighted by atomic mass is 35.5. The zero-order chi connectivity index (χ0) is 22.3. The average molecular weight is 464 g/mol. The third-order valence-corrected chi connectivity index (χ3v) is 4.34. The lowest BCUT2D eigenvalue weighted by molar-refractivity contribution is -0.137. The van der Waals surface area contributed by atoms with Crippen LogP contribution in [0.25, 0.3) is 6.08 Å². The van der Waals surface area contributed by atoms with E-state index in [9.17, 15) is 18.0 Å². The van der Waals surface area contributed by atoms with E-state index in [1.54, 1.807) is 18.2 Å². The number of hydrogen-bond acceptors (Lipinski definition) is 5. The fraction of sp³-hybridized carbons (Fsp3) is 0.263. The van der Waals surface area contributed by atoms with Gasteiger partial charge in [0.1, 0.15) is 5.82 Å². The predicted molar refractivity (Wildman–Crippen MR) is 109 cm³/mol. The molecule has 1 aromatic carbocycles. The van der Waals surface area contributed by atoms with E-state index in [0.717, 1.165) is 6.07 Å². The third kappa shape index (κ3) is 6.43. The molecule has 162 valence electrons. The number of halogens is 5. The molecule has 30 heavy (non-hydrogen) atoms. The number of nitrogens with one attached hydrogen (secondary N) is 2. The number of rotatable bonds is 8. The van der Waals surface area contributed by atoms with Crippen molar-refractivity contribution in [2.24, 2.45) is 0 Å². The Hall–Kier alpha value is -2.65. The Morgan fingerprint density at radius 1 is 1.13 bits per heavy atom. The van der Waals surface area contributed by atoms with Gasteiger partial charge in [0, 0.05) is 25.4 Å². The number of hydrogen-bond donors (Lipinski definition) is 2. The molecule has 11 heteroatoms. The van der Waals surface area contributed by atoms with Crippen LogP contribution in [0.1, 0.15) is 11.1 Å². The Bertz CT molecular complexity index is 937. The Kier molecular flexibility index (Phi) is 8.19. The number of alkyl halides is 3. The minimum absolute atomic E-state index is 0.0921. The van der Waals surface area contributed by atoms with Gasteiger partial charge in [0.15, 0.2) is 11.5 Å². The zero-order valence-corrected chi connectivity index (χ0v) is 17.5. The van der Waals surface area contributed by atoms with Crippen LogP contribution < -0.4 is 20.1 Å². The first-order valence-corrected chi connectivity index (χ1v) is 9.25. The van der Waals surface area contributed by atoms with Gasteiger partial charge in [-0.3, -0.25) is 4.79 Å². The number of benzene rings is 1. The van der Waals surface area contributed by atoms with Gasteiger partial charge in [-0.25, -0.2) is 4.98 Å². The van der Waals surface area contributed by atoms with Gasteiger partial charge in [0.05, 0.1) is 29.8 Å². The molecule has 6 nitrogen and oxygen atoms in total. The summed E-state index contributed by atoms with van der Waals surface area (Å²) in [6.07, 6.45) is -0.983. The van der Waals surface area contributed by atoms with E-state index < -0.39 is 11.7 Å². The topological polar surface area (TPSA) is 72.5 Å². The number of methoxy groups -OCH3 is 2. The molecule has 0 radical (unpaired) electrons. The van der Waals surface area contributed by atoms with Crippen LogP contribution in [0.2, 0.25) is 10.0 Å². The largest absolute Gasteiger partial charge is 0.493 e. The van der Waals surface area contributed by atoms with Crippen molar-refractivity contribution in [3.05, 3.63) is 51.6 Å². The molecule has 1 aromatic heterocycles. The number of ether oxygens (including phenoxy) is 2. The van der Waals surface area contributed by atoms with E-state index >= 15 is 0 Å². The van der Waals surface area contributed by atoms with E-state index in [0.29, 0.717) is 28.3 Å². The summed E-state index contributed by atoms with van der Waals surface area (Å²) in [5.41, 5.74) is -0.307. The highest BCUT2D eigenvalue weighted by Crippen LogP contribution is 2.36. The minimum Gasteiger partial charge on any atom is -0.493 e. The molecule has 0 aliphatic rings. The number of carbonyl (C=O) groups excluding carboxylic acids is 1. The lowest BCUT2D eigenvalue weighted by Gasteiger charge is -2.11. The van der Waals surface area contributed by atoms with Crippen LogP contribution in [0.15, 0.2) is 30.5 Å². The number of pyridine rings is 1. The van der Waals surface area contributed by atoms with Crippen LogP contribution in [-0.2, 0) is 11.0 Å². The molecule has 0 unspecified atom stereocenters. The normalized spacial score (nSPS) is 11.4. The van der Waals surface area contributed by atoms with Gasteiger partial charge in [-0.1, -0.05) is 23.2 Å². The van der Waals surface area contributed by atoms with Crippen molar-refractivity contribution in [2.75, 3.05) is 32.6 Å². The maximum atomic E-state index is 12.6. The van der Waals surface area contributed by atoms with Gasteiger partial charge in [-0.2, -0.15) is 13.2 Å². The van der Waals surface area contributed by atoms with Crippen LogP contribution in [-0.4, -0.2) is 38.2 Å². The Labute approximate surface area is 181 Å². The Morgan fingerprint density at radius 2 is 1.87 bits per heavy atom. The highest BCUT2D eigenvalue weighted by molar-refractivity contribution is 6.33. The van der Waals surface area contributed by atoms with E-state index in [4.69, 9.17) is 32.7 Å². The van der Waals surface area contributed by atoms with Crippen LogP contribution >= 0.6 is 23.2 Å². The van der Waals surface area contributed by atoms with Gasteiger partial charge in [-0.05, 0) is 29.8 Å². The maximum absolute atomic E-state index is 12.6. The van der Waals surface area contributed by atoms with Crippen molar-refractivity contribution in [3.8, 4) is 11.5 Å². The quantitative estimate of drug-likeness (QED) is 0.439. The molecular formula is C19H18Cl2F3N3O3.